The Balaban J connectivity index is 1.29. The molecular weight excluding hydrogens is 544 g/mol. The van der Waals surface area contributed by atoms with Crippen molar-refractivity contribution in [3.05, 3.63) is 174 Å². The van der Waals surface area contributed by atoms with Crippen molar-refractivity contribution in [2.24, 2.45) is 0 Å². The molecule has 0 aromatic heterocycles. The average molecular weight is 589 g/mol. The highest BCUT2D eigenvalue weighted by Crippen LogP contribution is 2.41. The summed E-state index contributed by atoms with van der Waals surface area (Å²) in [6.07, 6.45) is 9.17. The zero-order valence-electron chi connectivity index (χ0n) is 27.2. The largest absolute Gasteiger partial charge is 0.311 e. The van der Waals surface area contributed by atoms with Gasteiger partial charge in [0.05, 0.1) is 0 Å². The maximum absolute atomic E-state index is 2.40. The monoisotopic (exact) mass is 588 g/mol. The van der Waals surface area contributed by atoms with Crippen LogP contribution in [-0.2, 0) is 5.41 Å². The topological polar surface area (TPSA) is 6.48 Å². The lowest BCUT2D eigenvalue weighted by Crippen LogP contribution is -2.24. The Morgan fingerprint density at radius 2 is 1.16 bits per heavy atom. The number of anilines is 5. The average Bonchev–Trinajstić information content (AvgIpc) is 3.07. The lowest BCUT2D eigenvalue weighted by molar-refractivity contribution is 0.595. The van der Waals surface area contributed by atoms with Crippen molar-refractivity contribution in [1.82, 2.24) is 0 Å². The van der Waals surface area contributed by atoms with Gasteiger partial charge < -0.3 is 9.80 Å². The van der Waals surface area contributed by atoms with Crippen LogP contribution in [0.1, 0.15) is 61.8 Å². The van der Waals surface area contributed by atoms with Crippen molar-refractivity contribution in [1.29, 1.82) is 0 Å². The van der Waals surface area contributed by atoms with Gasteiger partial charge in [0, 0.05) is 39.5 Å². The molecule has 5 aromatic carbocycles. The molecule has 5 aromatic rings. The molecule has 0 fully saturated rings. The number of hydrogen-bond donors (Lipinski definition) is 0. The van der Waals surface area contributed by atoms with E-state index in [-0.39, 0.29) is 5.41 Å². The first-order valence-electron chi connectivity index (χ1n) is 16.2. The zero-order chi connectivity index (χ0) is 31.4. The van der Waals surface area contributed by atoms with Gasteiger partial charge in [-0.15, -0.1) is 0 Å². The third-order valence-electron chi connectivity index (χ3n) is 9.27. The lowest BCUT2D eigenvalue weighted by Gasteiger charge is -2.34. The standard InChI is InChI=1S/C43H44N2/c1-6-34(4)35-18-22-38(23-19-35)45(42-17-11-13-33(3)31-42)40-26-28-43(5,29-27-40)36-20-24-39(25-21-36)44(37-14-8-7-9-15-37)41-16-10-12-32(2)30-41/h7-28,30-31,34H,6,29H2,1-5H3. The van der Waals surface area contributed by atoms with Crippen LogP contribution in [0, 0.1) is 13.8 Å². The van der Waals surface area contributed by atoms with Gasteiger partial charge in [0.2, 0.25) is 0 Å². The Morgan fingerprint density at radius 1 is 0.622 bits per heavy atom. The summed E-state index contributed by atoms with van der Waals surface area (Å²) < 4.78 is 0. The van der Waals surface area contributed by atoms with E-state index in [0.29, 0.717) is 5.92 Å². The van der Waals surface area contributed by atoms with E-state index in [4.69, 9.17) is 0 Å². The maximum Gasteiger partial charge on any atom is 0.0464 e. The van der Waals surface area contributed by atoms with Crippen LogP contribution in [0.25, 0.3) is 0 Å². The lowest BCUT2D eigenvalue weighted by atomic mass is 9.76. The van der Waals surface area contributed by atoms with Crippen molar-refractivity contribution in [3.8, 4) is 0 Å². The molecule has 1 aliphatic carbocycles. The Hall–Kier alpha value is -4.82. The van der Waals surface area contributed by atoms with E-state index in [1.807, 2.05) is 0 Å². The van der Waals surface area contributed by atoms with Crippen molar-refractivity contribution >= 4 is 28.4 Å². The second-order valence-electron chi connectivity index (χ2n) is 12.7. The van der Waals surface area contributed by atoms with Gasteiger partial charge in [0.25, 0.3) is 0 Å². The van der Waals surface area contributed by atoms with Crippen molar-refractivity contribution in [2.45, 2.75) is 58.8 Å². The Bertz CT molecular complexity index is 1800. The third kappa shape index (κ3) is 6.51. The summed E-state index contributed by atoms with van der Waals surface area (Å²) in [5.74, 6) is 0.559. The second kappa shape index (κ2) is 13.0. The van der Waals surface area contributed by atoms with Gasteiger partial charge in [-0.05, 0) is 122 Å². The zero-order valence-corrected chi connectivity index (χ0v) is 27.2. The fourth-order valence-corrected chi connectivity index (χ4v) is 6.29. The fraction of sp³-hybridized carbons (Fsp3) is 0.209. The molecule has 0 heterocycles. The molecule has 0 saturated carbocycles. The molecule has 0 amide bonds. The first-order valence-corrected chi connectivity index (χ1v) is 16.2. The minimum Gasteiger partial charge on any atom is -0.311 e. The molecule has 0 aliphatic heterocycles. The van der Waals surface area contributed by atoms with Gasteiger partial charge in [-0.25, -0.2) is 0 Å². The summed E-state index contributed by atoms with van der Waals surface area (Å²) in [6, 6.07) is 46.4. The molecule has 0 spiro atoms. The first kappa shape index (κ1) is 30.2. The second-order valence-corrected chi connectivity index (χ2v) is 12.7. The van der Waals surface area contributed by atoms with Crippen LogP contribution >= 0.6 is 0 Å². The summed E-state index contributed by atoms with van der Waals surface area (Å²) in [4.78, 5) is 4.73. The Labute approximate surface area is 270 Å². The van der Waals surface area contributed by atoms with Crippen LogP contribution in [0.4, 0.5) is 28.4 Å². The number of rotatable bonds is 9. The van der Waals surface area contributed by atoms with E-state index < -0.39 is 0 Å². The normalized spacial score (nSPS) is 16.6. The fourth-order valence-electron chi connectivity index (χ4n) is 6.29. The number of aryl methyl sites for hydroxylation is 2. The predicted octanol–water partition coefficient (Wildman–Crippen LogP) is 12.2. The van der Waals surface area contributed by atoms with E-state index in [2.05, 4.69) is 190 Å². The molecule has 0 N–H and O–H groups in total. The van der Waals surface area contributed by atoms with Gasteiger partial charge in [-0.3, -0.25) is 0 Å². The van der Waals surface area contributed by atoms with Gasteiger partial charge >= 0.3 is 0 Å². The molecule has 6 rings (SSSR count). The molecule has 0 saturated heterocycles. The summed E-state index contributed by atoms with van der Waals surface area (Å²) in [6.45, 7) is 11.2. The third-order valence-corrected chi connectivity index (χ3v) is 9.27. The van der Waals surface area contributed by atoms with Gasteiger partial charge in [0.15, 0.2) is 0 Å². The number of hydrogen-bond acceptors (Lipinski definition) is 2. The van der Waals surface area contributed by atoms with Crippen LogP contribution in [0.5, 0.6) is 0 Å². The van der Waals surface area contributed by atoms with E-state index in [1.165, 1.54) is 45.0 Å². The predicted molar refractivity (Wildman–Crippen MR) is 194 cm³/mol. The smallest absolute Gasteiger partial charge is 0.0464 e. The first-order chi connectivity index (χ1) is 21.8. The molecular formula is C43H44N2. The molecule has 0 radical (unpaired) electrons. The van der Waals surface area contributed by atoms with Crippen molar-refractivity contribution in [2.75, 3.05) is 9.80 Å². The van der Waals surface area contributed by atoms with Crippen LogP contribution in [-0.4, -0.2) is 0 Å². The molecule has 2 atom stereocenters. The summed E-state index contributed by atoms with van der Waals surface area (Å²) >= 11 is 0. The highest BCUT2D eigenvalue weighted by atomic mass is 15.1. The SMILES string of the molecule is CCC(C)c1ccc(N(C2=CCC(C)(c3ccc(N(c4ccccc4)c4cccc(C)c4)cc3)C=C2)c2cccc(C)c2)cc1. The molecule has 2 heteroatoms. The van der Waals surface area contributed by atoms with Gasteiger partial charge in [0.1, 0.15) is 0 Å². The molecule has 1 aliphatic rings. The van der Waals surface area contributed by atoms with Crippen LogP contribution in [0.3, 0.4) is 0 Å². The minimum atomic E-state index is -0.0956. The molecule has 2 nitrogen and oxygen atoms in total. The molecule has 0 bridgehead atoms. The van der Waals surface area contributed by atoms with Gasteiger partial charge in [-0.2, -0.15) is 0 Å². The van der Waals surface area contributed by atoms with Crippen molar-refractivity contribution in [3.63, 3.8) is 0 Å². The highest BCUT2D eigenvalue weighted by molar-refractivity contribution is 5.77. The van der Waals surface area contributed by atoms with E-state index >= 15 is 0 Å². The number of allylic oxidation sites excluding steroid dienone is 3. The van der Waals surface area contributed by atoms with Crippen LogP contribution < -0.4 is 9.80 Å². The van der Waals surface area contributed by atoms with E-state index in [1.54, 1.807) is 0 Å². The summed E-state index contributed by atoms with van der Waals surface area (Å²) in [5, 5.41) is 0. The van der Waals surface area contributed by atoms with E-state index in [0.717, 1.165) is 24.2 Å². The number of benzene rings is 5. The van der Waals surface area contributed by atoms with E-state index in [9.17, 15) is 0 Å². The summed E-state index contributed by atoms with van der Waals surface area (Å²) in [7, 11) is 0. The summed E-state index contributed by atoms with van der Waals surface area (Å²) in [5.41, 5.74) is 12.2. The minimum absolute atomic E-state index is 0.0956. The molecule has 2 unspecified atom stereocenters. The van der Waals surface area contributed by atoms with Crippen LogP contribution in [0.15, 0.2) is 151 Å². The maximum atomic E-state index is 2.40. The number of para-hydroxylation sites is 1. The Kier molecular flexibility index (Phi) is 8.76. The van der Waals surface area contributed by atoms with Gasteiger partial charge in [-0.1, -0.05) is 99.7 Å². The van der Waals surface area contributed by atoms with Crippen LogP contribution in [0.2, 0.25) is 0 Å². The molecule has 45 heavy (non-hydrogen) atoms. The Morgan fingerprint density at radius 3 is 1.71 bits per heavy atom. The quantitative estimate of drug-likeness (QED) is 0.169. The number of nitrogens with zero attached hydrogens (tertiary/aromatic N) is 2. The molecule has 226 valence electrons. The highest BCUT2D eigenvalue weighted by Gasteiger charge is 2.27. The van der Waals surface area contributed by atoms with Crippen molar-refractivity contribution < 1.29 is 0 Å².